The average molecular weight is 347 g/mol. The molecule has 4 heteroatoms. The Balaban J connectivity index is 2.32. The molecule has 15 heavy (non-hydrogen) atoms. The minimum absolute atomic E-state index is 0.0567. The minimum Gasteiger partial charge on any atom is -0.320 e. The molecule has 0 amide bonds. The highest BCUT2D eigenvalue weighted by atomic mass is 79.9. The second-order valence-corrected chi connectivity index (χ2v) is 5.72. The first-order chi connectivity index (χ1) is 7.18. The highest BCUT2D eigenvalue weighted by Crippen LogP contribution is 2.30. The molecule has 0 bridgehead atoms. The van der Waals surface area contributed by atoms with Crippen LogP contribution in [0.2, 0.25) is 0 Å². The zero-order valence-corrected chi connectivity index (χ0v) is 11.8. The van der Waals surface area contributed by atoms with Gasteiger partial charge in [0.05, 0.1) is 6.04 Å². The van der Waals surface area contributed by atoms with Gasteiger partial charge in [0, 0.05) is 14.3 Å². The molecule has 0 spiro atoms. The van der Waals surface area contributed by atoms with Crippen LogP contribution < -0.4 is 5.73 Å². The Bertz CT molecular complexity index is 450. The van der Waals surface area contributed by atoms with E-state index in [2.05, 4.69) is 37.2 Å². The van der Waals surface area contributed by atoms with Crippen LogP contribution in [0.4, 0.5) is 0 Å². The summed E-state index contributed by atoms with van der Waals surface area (Å²) in [6.45, 7) is 0. The summed E-state index contributed by atoms with van der Waals surface area (Å²) in [6.07, 6.45) is 0. The van der Waals surface area contributed by atoms with Crippen LogP contribution in [0.5, 0.6) is 0 Å². The summed E-state index contributed by atoms with van der Waals surface area (Å²) in [5.41, 5.74) is 8.44. The molecule has 0 aliphatic rings. The standard InChI is InChI=1S/C11H9Br2NS/c12-8-3-1-7(2-4-8)11(14)9-5-15-6-10(9)13/h1-6,11H,14H2. The fourth-order valence-corrected chi connectivity index (χ4v) is 3.21. The van der Waals surface area contributed by atoms with E-state index >= 15 is 0 Å². The predicted molar refractivity (Wildman–Crippen MR) is 72.2 cm³/mol. The van der Waals surface area contributed by atoms with E-state index in [4.69, 9.17) is 5.73 Å². The van der Waals surface area contributed by atoms with E-state index in [1.54, 1.807) is 11.3 Å². The third kappa shape index (κ3) is 2.50. The van der Waals surface area contributed by atoms with Crippen LogP contribution >= 0.6 is 43.2 Å². The van der Waals surface area contributed by atoms with E-state index in [1.807, 2.05) is 29.6 Å². The zero-order chi connectivity index (χ0) is 10.8. The van der Waals surface area contributed by atoms with Crippen molar-refractivity contribution >= 4 is 43.2 Å². The van der Waals surface area contributed by atoms with E-state index in [9.17, 15) is 0 Å². The Morgan fingerprint density at radius 1 is 1.07 bits per heavy atom. The lowest BCUT2D eigenvalue weighted by molar-refractivity contribution is 0.871. The average Bonchev–Trinajstić information content (AvgIpc) is 2.65. The Labute approximate surface area is 110 Å². The Kier molecular flexibility index (Phi) is 3.61. The van der Waals surface area contributed by atoms with E-state index < -0.39 is 0 Å². The second-order valence-electron chi connectivity index (χ2n) is 3.20. The van der Waals surface area contributed by atoms with Crippen LogP contribution in [-0.4, -0.2) is 0 Å². The lowest BCUT2D eigenvalue weighted by Crippen LogP contribution is -2.11. The van der Waals surface area contributed by atoms with Gasteiger partial charge in [-0.15, -0.1) is 0 Å². The quantitative estimate of drug-likeness (QED) is 0.860. The molecule has 2 N–H and O–H groups in total. The number of rotatable bonds is 2. The van der Waals surface area contributed by atoms with Gasteiger partial charge in [-0.3, -0.25) is 0 Å². The number of hydrogen-bond acceptors (Lipinski definition) is 2. The summed E-state index contributed by atoms with van der Waals surface area (Å²) >= 11 is 8.57. The Morgan fingerprint density at radius 3 is 2.27 bits per heavy atom. The largest absolute Gasteiger partial charge is 0.320 e. The molecule has 2 rings (SSSR count). The maximum absolute atomic E-state index is 6.17. The molecule has 1 aromatic heterocycles. The maximum atomic E-state index is 6.17. The topological polar surface area (TPSA) is 26.0 Å². The molecule has 0 saturated heterocycles. The van der Waals surface area contributed by atoms with Crippen molar-refractivity contribution in [1.29, 1.82) is 0 Å². The Morgan fingerprint density at radius 2 is 1.73 bits per heavy atom. The van der Waals surface area contributed by atoms with Crippen molar-refractivity contribution in [3.63, 3.8) is 0 Å². The molecule has 78 valence electrons. The Hall–Kier alpha value is -0.160. The van der Waals surface area contributed by atoms with Crippen molar-refractivity contribution < 1.29 is 0 Å². The van der Waals surface area contributed by atoms with Crippen molar-refractivity contribution in [1.82, 2.24) is 0 Å². The van der Waals surface area contributed by atoms with Gasteiger partial charge in [0.15, 0.2) is 0 Å². The van der Waals surface area contributed by atoms with Gasteiger partial charge in [-0.05, 0) is 44.6 Å². The number of nitrogens with two attached hydrogens (primary N) is 1. The summed E-state index contributed by atoms with van der Waals surface area (Å²) in [5, 5.41) is 4.13. The molecular weight excluding hydrogens is 338 g/mol. The van der Waals surface area contributed by atoms with Crippen LogP contribution in [-0.2, 0) is 0 Å². The normalized spacial score (nSPS) is 12.7. The van der Waals surface area contributed by atoms with Gasteiger partial charge in [0.2, 0.25) is 0 Å². The monoisotopic (exact) mass is 345 g/mol. The van der Waals surface area contributed by atoms with Gasteiger partial charge in [-0.2, -0.15) is 11.3 Å². The van der Waals surface area contributed by atoms with E-state index in [-0.39, 0.29) is 6.04 Å². The molecule has 1 heterocycles. The molecule has 1 aromatic carbocycles. The highest BCUT2D eigenvalue weighted by Gasteiger charge is 2.12. The molecule has 1 unspecified atom stereocenters. The summed E-state index contributed by atoms with van der Waals surface area (Å²) < 4.78 is 2.16. The van der Waals surface area contributed by atoms with Gasteiger partial charge in [-0.1, -0.05) is 28.1 Å². The van der Waals surface area contributed by atoms with Gasteiger partial charge in [-0.25, -0.2) is 0 Å². The molecule has 1 nitrogen and oxygen atoms in total. The third-order valence-electron chi connectivity index (χ3n) is 2.21. The van der Waals surface area contributed by atoms with Crippen LogP contribution in [0.1, 0.15) is 17.2 Å². The van der Waals surface area contributed by atoms with Gasteiger partial charge in [0.25, 0.3) is 0 Å². The van der Waals surface area contributed by atoms with Crippen LogP contribution in [0.3, 0.4) is 0 Å². The number of benzene rings is 1. The first-order valence-electron chi connectivity index (χ1n) is 4.41. The van der Waals surface area contributed by atoms with Crippen molar-refractivity contribution in [2.45, 2.75) is 6.04 Å². The summed E-state index contributed by atoms with van der Waals surface area (Å²) in [6, 6.07) is 8.04. The SMILES string of the molecule is NC(c1ccc(Br)cc1)c1cscc1Br. The van der Waals surface area contributed by atoms with Gasteiger partial charge < -0.3 is 5.73 Å². The fraction of sp³-hybridized carbons (Fsp3) is 0.0909. The second kappa shape index (κ2) is 4.78. The van der Waals surface area contributed by atoms with Crippen LogP contribution in [0, 0.1) is 0 Å². The lowest BCUT2D eigenvalue weighted by Gasteiger charge is -2.11. The van der Waals surface area contributed by atoms with Crippen molar-refractivity contribution in [3.05, 3.63) is 55.1 Å². The van der Waals surface area contributed by atoms with Crippen molar-refractivity contribution in [2.75, 3.05) is 0 Å². The number of thiophene rings is 1. The number of halogens is 2. The first-order valence-corrected chi connectivity index (χ1v) is 6.94. The van der Waals surface area contributed by atoms with E-state index in [0.717, 1.165) is 20.1 Å². The molecule has 1 atom stereocenters. The third-order valence-corrected chi connectivity index (χ3v) is 4.49. The molecule has 0 saturated carbocycles. The van der Waals surface area contributed by atoms with E-state index in [0.29, 0.717) is 0 Å². The summed E-state index contributed by atoms with van der Waals surface area (Å²) in [5.74, 6) is 0. The number of hydrogen-bond donors (Lipinski definition) is 1. The van der Waals surface area contributed by atoms with Gasteiger partial charge in [0.1, 0.15) is 0 Å². The van der Waals surface area contributed by atoms with Crippen molar-refractivity contribution in [3.8, 4) is 0 Å². The van der Waals surface area contributed by atoms with Crippen LogP contribution in [0.15, 0.2) is 44.0 Å². The molecule has 0 aliphatic heterocycles. The summed E-state index contributed by atoms with van der Waals surface area (Å²) in [4.78, 5) is 0. The highest BCUT2D eigenvalue weighted by molar-refractivity contribution is 9.10. The lowest BCUT2D eigenvalue weighted by atomic mass is 10.0. The fourth-order valence-electron chi connectivity index (χ4n) is 1.36. The molecule has 0 aliphatic carbocycles. The van der Waals surface area contributed by atoms with Gasteiger partial charge >= 0.3 is 0 Å². The zero-order valence-electron chi connectivity index (χ0n) is 7.78. The first kappa shape index (κ1) is 11.3. The van der Waals surface area contributed by atoms with Crippen LogP contribution in [0.25, 0.3) is 0 Å². The molecule has 2 aromatic rings. The summed E-state index contributed by atoms with van der Waals surface area (Å²) in [7, 11) is 0. The minimum atomic E-state index is -0.0567. The molecular formula is C11H9Br2NS. The smallest absolute Gasteiger partial charge is 0.0571 e. The van der Waals surface area contributed by atoms with Crippen molar-refractivity contribution in [2.24, 2.45) is 5.73 Å². The predicted octanol–water partition coefficient (Wildman–Crippen LogP) is 4.32. The molecule has 0 fully saturated rings. The van der Waals surface area contributed by atoms with E-state index in [1.165, 1.54) is 0 Å². The molecule has 0 radical (unpaired) electrons. The maximum Gasteiger partial charge on any atom is 0.0571 e.